The van der Waals surface area contributed by atoms with E-state index in [1.54, 1.807) is 37.3 Å². The fourth-order valence-corrected chi connectivity index (χ4v) is 3.61. The van der Waals surface area contributed by atoms with Crippen LogP contribution in [-0.2, 0) is 14.8 Å². The highest BCUT2D eigenvalue weighted by molar-refractivity contribution is 7.89. The third kappa shape index (κ3) is 5.04. The number of sulfonamides is 1. The van der Waals surface area contributed by atoms with Crippen LogP contribution < -0.4 is 14.8 Å². The second-order valence-corrected chi connectivity index (χ2v) is 7.37. The van der Waals surface area contributed by atoms with Crippen molar-refractivity contribution in [2.75, 3.05) is 26.1 Å². The summed E-state index contributed by atoms with van der Waals surface area (Å²) in [6.45, 7) is 1.94. The Morgan fingerprint density at radius 2 is 1.81 bits per heavy atom. The number of methoxy groups -OCH3 is 2. The molecule has 0 spiro atoms. The third-order valence-electron chi connectivity index (χ3n) is 3.54. The molecule has 0 bridgehead atoms. The molecule has 2 rings (SSSR count). The molecular weight excluding hydrogens is 356 g/mol. The van der Waals surface area contributed by atoms with Crippen LogP contribution in [0.1, 0.15) is 17.3 Å². The number of rotatable bonds is 8. The number of carbonyl (C=O) groups is 1. The zero-order chi connectivity index (χ0) is 19.2. The summed E-state index contributed by atoms with van der Waals surface area (Å²) in [4.78, 5) is 12.4. The van der Waals surface area contributed by atoms with Crippen molar-refractivity contribution in [2.24, 2.45) is 0 Å². The number of anilines is 1. The maximum absolute atomic E-state index is 12.5. The van der Waals surface area contributed by atoms with Gasteiger partial charge < -0.3 is 14.8 Å². The highest BCUT2D eigenvalue weighted by atomic mass is 32.2. The largest absolute Gasteiger partial charge is 0.495 e. The van der Waals surface area contributed by atoms with Crippen molar-refractivity contribution in [3.8, 4) is 5.75 Å². The lowest BCUT2D eigenvalue weighted by Gasteiger charge is -2.15. The summed E-state index contributed by atoms with van der Waals surface area (Å²) in [6, 6.07) is 12.5. The molecule has 1 amide bonds. The molecule has 7 nitrogen and oxygen atoms in total. The Morgan fingerprint density at radius 1 is 1.12 bits per heavy atom. The number of hydrogen-bond donors (Lipinski definition) is 2. The maximum atomic E-state index is 12.5. The predicted molar refractivity (Wildman–Crippen MR) is 99.0 cm³/mol. The zero-order valence-corrected chi connectivity index (χ0v) is 15.7. The summed E-state index contributed by atoms with van der Waals surface area (Å²) in [5.74, 6) is -0.00247. The van der Waals surface area contributed by atoms with Crippen molar-refractivity contribution in [1.29, 1.82) is 0 Å². The standard InChI is InChI=1S/C18H22N2O5S/c1-13(12-24-2)20-26(22,23)15-9-10-17(25-3)16(11-15)19-18(21)14-7-5-4-6-8-14/h4-11,13,20H,12H2,1-3H3,(H,19,21). The van der Waals surface area contributed by atoms with Gasteiger partial charge in [-0.05, 0) is 37.3 Å². The minimum atomic E-state index is -3.77. The van der Waals surface area contributed by atoms with Gasteiger partial charge in [-0.3, -0.25) is 4.79 Å². The molecule has 1 atom stereocenters. The SMILES string of the molecule is COCC(C)NS(=O)(=O)c1ccc(OC)c(NC(=O)c2ccccc2)c1. The minimum absolute atomic E-state index is 0.0182. The smallest absolute Gasteiger partial charge is 0.255 e. The number of amides is 1. The van der Waals surface area contributed by atoms with Crippen LogP contribution >= 0.6 is 0 Å². The lowest BCUT2D eigenvalue weighted by Crippen LogP contribution is -2.35. The number of benzene rings is 2. The number of ether oxygens (including phenoxy) is 2. The molecule has 2 aromatic carbocycles. The lowest BCUT2D eigenvalue weighted by atomic mass is 10.2. The quantitative estimate of drug-likeness (QED) is 0.735. The van der Waals surface area contributed by atoms with Crippen molar-refractivity contribution >= 4 is 21.6 Å². The molecule has 0 saturated heterocycles. The molecule has 140 valence electrons. The van der Waals surface area contributed by atoms with E-state index in [0.717, 1.165) is 0 Å². The number of nitrogens with one attached hydrogen (secondary N) is 2. The second-order valence-electron chi connectivity index (χ2n) is 5.66. The fourth-order valence-electron chi connectivity index (χ4n) is 2.35. The van der Waals surface area contributed by atoms with Gasteiger partial charge in [-0.15, -0.1) is 0 Å². The summed E-state index contributed by atoms with van der Waals surface area (Å²) < 4.78 is 37.7. The molecule has 0 radical (unpaired) electrons. The monoisotopic (exact) mass is 378 g/mol. The van der Waals surface area contributed by atoms with E-state index >= 15 is 0 Å². The van der Waals surface area contributed by atoms with E-state index in [1.807, 2.05) is 0 Å². The first kappa shape index (κ1) is 19.9. The van der Waals surface area contributed by atoms with Crippen LogP contribution in [0.2, 0.25) is 0 Å². The Balaban J connectivity index is 2.29. The summed E-state index contributed by atoms with van der Waals surface area (Å²) in [5.41, 5.74) is 0.721. The van der Waals surface area contributed by atoms with Gasteiger partial charge in [0, 0.05) is 18.7 Å². The molecule has 0 aliphatic heterocycles. The Labute approximate surface area is 153 Å². The minimum Gasteiger partial charge on any atom is -0.495 e. The number of hydrogen-bond acceptors (Lipinski definition) is 5. The molecule has 1 unspecified atom stereocenters. The highest BCUT2D eigenvalue weighted by Gasteiger charge is 2.20. The first-order chi connectivity index (χ1) is 12.4. The zero-order valence-electron chi connectivity index (χ0n) is 14.9. The van der Waals surface area contributed by atoms with Crippen LogP contribution in [0.5, 0.6) is 5.75 Å². The molecule has 0 heterocycles. The normalized spacial score (nSPS) is 12.4. The third-order valence-corrected chi connectivity index (χ3v) is 5.13. The van der Waals surface area contributed by atoms with E-state index < -0.39 is 16.1 Å². The van der Waals surface area contributed by atoms with Crippen molar-refractivity contribution in [2.45, 2.75) is 17.9 Å². The molecule has 0 fully saturated rings. The first-order valence-electron chi connectivity index (χ1n) is 7.93. The first-order valence-corrected chi connectivity index (χ1v) is 9.41. The van der Waals surface area contributed by atoms with E-state index in [0.29, 0.717) is 11.3 Å². The van der Waals surface area contributed by atoms with Crippen LogP contribution in [0.4, 0.5) is 5.69 Å². The van der Waals surface area contributed by atoms with Crippen molar-refractivity contribution in [3.63, 3.8) is 0 Å². The van der Waals surface area contributed by atoms with Gasteiger partial charge in [0.2, 0.25) is 10.0 Å². The fraction of sp³-hybridized carbons (Fsp3) is 0.278. The van der Waals surface area contributed by atoms with E-state index in [2.05, 4.69) is 10.0 Å². The lowest BCUT2D eigenvalue weighted by molar-refractivity contribution is 0.102. The summed E-state index contributed by atoms with van der Waals surface area (Å²) in [5, 5.41) is 2.69. The van der Waals surface area contributed by atoms with Gasteiger partial charge in [0.25, 0.3) is 5.91 Å². The van der Waals surface area contributed by atoms with Gasteiger partial charge in [0.05, 0.1) is 24.3 Å². The highest BCUT2D eigenvalue weighted by Crippen LogP contribution is 2.28. The van der Waals surface area contributed by atoms with Crippen LogP contribution in [0, 0.1) is 0 Å². The maximum Gasteiger partial charge on any atom is 0.255 e. The molecule has 0 saturated carbocycles. The van der Waals surface area contributed by atoms with E-state index in [1.165, 1.54) is 32.4 Å². The Bertz CT molecular complexity index is 853. The molecular formula is C18H22N2O5S. The van der Waals surface area contributed by atoms with Crippen LogP contribution in [0.3, 0.4) is 0 Å². The Hall–Kier alpha value is -2.42. The van der Waals surface area contributed by atoms with Crippen molar-refractivity contribution in [3.05, 3.63) is 54.1 Å². The van der Waals surface area contributed by atoms with Crippen molar-refractivity contribution < 1.29 is 22.7 Å². The van der Waals surface area contributed by atoms with Gasteiger partial charge >= 0.3 is 0 Å². The van der Waals surface area contributed by atoms with E-state index in [4.69, 9.17) is 9.47 Å². The number of carbonyl (C=O) groups excluding carboxylic acids is 1. The Morgan fingerprint density at radius 3 is 2.42 bits per heavy atom. The van der Waals surface area contributed by atoms with E-state index in [9.17, 15) is 13.2 Å². The van der Waals surface area contributed by atoms with Crippen LogP contribution in [0.25, 0.3) is 0 Å². The molecule has 2 N–H and O–H groups in total. The average Bonchev–Trinajstić information content (AvgIpc) is 2.62. The van der Waals surface area contributed by atoms with Crippen molar-refractivity contribution in [1.82, 2.24) is 4.72 Å². The molecule has 2 aromatic rings. The second kappa shape index (κ2) is 8.79. The van der Waals surface area contributed by atoms with Gasteiger partial charge in [0.15, 0.2) is 0 Å². The van der Waals surface area contributed by atoms with E-state index in [-0.39, 0.29) is 23.1 Å². The molecule has 0 aromatic heterocycles. The predicted octanol–water partition coefficient (Wildman–Crippen LogP) is 2.26. The average molecular weight is 378 g/mol. The Kier molecular flexibility index (Phi) is 6.73. The van der Waals surface area contributed by atoms with Crippen LogP contribution in [-0.4, -0.2) is 41.2 Å². The molecule has 0 aliphatic carbocycles. The molecule has 8 heteroatoms. The molecule has 0 aliphatic rings. The van der Waals surface area contributed by atoms with Crippen LogP contribution in [0.15, 0.2) is 53.4 Å². The summed E-state index contributed by atoms with van der Waals surface area (Å²) in [6.07, 6.45) is 0. The van der Waals surface area contributed by atoms with Gasteiger partial charge in [-0.2, -0.15) is 0 Å². The van der Waals surface area contributed by atoms with Gasteiger partial charge in [-0.1, -0.05) is 18.2 Å². The summed E-state index contributed by atoms with van der Waals surface area (Å²) in [7, 11) is -0.826. The summed E-state index contributed by atoms with van der Waals surface area (Å²) >= 11 is 0. The molecule has 26 heavy (non-hydrogen) atoms. The topological polar surface area (TPSA) is 93.7 Å². The van der Waals surface area contributed by atoms with Gasteiger partial charge in [-0.25, -0.2) is 13.1 Å². The van der Waals surface area contributed by atoms with Gasteiger partial charge in [0.1, 0.15) is 5.75 Å².